The molecule has 1 amide bonds. The molecule has 3 heterocycles. The molecule has 0 aliphatic carbocycles. The van der Waals surface area contributed by atoms with E-state index in [0.29, 0.717) is 53.2 Å². The van der Waals surface area contributed by atoms with Crippen LogP contribution in [-0.2, 0) is 6.61 Å². The Labute approximate surface area is 230 Å². The molecular weight excluding hydrogens is 518 g/mol. The van der Waals surface area contributed by atoms with Crippen molar-refractivity contribution in [3.05, 3.63) is 77.6 Å². The maximum atomic E-state index is 14.0. The van der Waals surface area contributed by atoms with E-state index in [4.69, 9.17) is 30.5 Å². The first-order chi connectivity index (χ1) is 19.1. The minimum Gasteiger partial charge on any atom is -0.493 e. The fourth-order valence-electron chi connectivity index (χ4n) is 5.44. The molecule has 2 aromatic heterocycles. The summed E-state index contributed by atoms with van der Waals surface area (Å²) >= 11 is 6.44. The van der Waals surface area contributed by atoms with Crippen molar-refractivity contribution in [1.82, 2.24) is 9.97 Å². The van der Waals surface area contributed by atoms with Crippen LogP contribution in [0.2, 0.25) is 0 Å². The molecule has 0 saturated heterocycles. The second-order valence-electron chi connectivity index (χ2n) is 9.41. The van der Waals surface area contributed by atoms with Gasteiger partial charge in [0.1, 0.15) is 18.1 Å². The van der Waals surface area contributed by atoms with Gasteiger partial charge in [0.15, 0.2) is 11.5 Å². The van der Waals surface area contributed by atoms with Crippen LogP contribution in [0.5, 0.6) is 23.0 Å². The van der Waals surface area contributed by atoms with Gasteiger partial charge in [-0.2, -0.15) is 0 Å². The minimum absolute atomic E-state index is 0.0220. The van der Waals surface area contributed by atoms with Crippen LogP contribution >= 0.6 is 11.6 Å². The third-order valence-electron chi connectivity index (χ3n) is 7.25. The number of fused-ring (bicyclic) bond motifs is 4. The van der Waals surface area contributed by atoms with Gasteiger partial charge in [0, 0.05) is 41.4 Å². The highest BCUT2D eigenvalue weighted by Crippen LogP contribution is 2.47. The molecule has 3 aromatic carbocycles. The number of H-pyrrole nitrogens is 2. The fourth-order valence-corrected chi connectivity index (χ4v) is 5.70. The van der Waals surface area contributed by atoms with Crippen molar-refractivity contribution in [3.8, 4) is 23.0 Å². The monoisotopic (exact) mass is 545 g/mol. The van der Waals surface area contributed by atoms with Crippen molar-refractivity contribution < 1.29 is 23.7 Å². The molecule has 8 nitrogen and oxygen atoms in total. The standard InChI is InChI=1S/C30H28ClN3O5/c1-36-24-12-18-11-21(33-26(18)29(38-3)28(24)37-2)30(35)34-15-19(14-31)25-20-9-10-32-27(20)23(13-22(25)34)39-16-17-7-5-4-6-8-17/h4-13,19,32-33H,14-16H2,1-3H3/t19-/m1/s1. The van der Waals surface area contributed by atoms with E-state index in [-0.39, 0.29) is 11.8 Å². The van der Waals surface area contributed by atoms with Crippen LogP contribution in [0.25, 0.3) is 21.8 Å². The molecule has 39 heavy (non-hydrogen) atoms. The van der Waals surface area contributed by atoms with Crippen molar-refractivity contribution >= 4 is 45.0 Å². The summed E-state index contributed by atoms with van der Waals surface area (Å²) in [6.07, 6.45) is 1.89. The average molecular weight is 546 g/mol. The number of aromatic nitrogens is 2. The number of anilines is 1. The lowest BCUT2D eigenvalue weighted by Gasteiger charge is -2.18. The van der Waals surface area contributed by atoms with Gasteiger partial charge in [-0.1, -0.05) is 30.3 Å². The highest BCUT2D eigenvalue weighted by Gasteiger charge is 2.36. The number of carbonyl (C=O) groups is 1. The van der Waals surface area contributed by atoms with Gasteiger partial charge in [0.25, 0.3) is 5.91 Å². The number of ether oxygens (including phenoxy) is 4. The van der Waals surface area contributed by atoms with Crippen LogP contribution in [0.1, 0.15) is 27.5 Å². The molecular formula is C30H28ClN3O5. The third kappa shape index (κ3) is 4.12. The Morgan fingerprint density at radius 2 is 1.77 bits per heavy atom. The predicted molar refractivity (Wildman–Crippen MR) is 152 cm³/mol. The molecule has 0 spiro atoms. The van der Waals surface area contributed by atoms with E-state index in [2.05, 4.69) is 9.97 Å². The SMILES string of the molecule is COc1cc2cc(C(=O)N3C[C@@H](CCl)c4c3cc(OCc3ccccc3)c3[nH]ccc43)[nH]c2c(OC)c1OC. The molecule has 2 N–H and O–H groups in total. The molecule has 0 radical (unpaired) electrons. The molecule has 5 aromatic rings. The zero-order valence-electron chi connectivity index (χ0n) is 21.8. The number of halogens is 1. The Morgan fingerprint density at radius 3 is 2.49 bits per heavy atom. The molecule has 200 valence electrons. The second kappa shape index (κ2) is 10.1. The average Bonchev–Trinajstić information content (AvgIpc) is 3.71. The van der Waals surface area contributed by atoms with E-state index in [0.717, 1.165) is 33.1 Å². The van der Waals surface area contributed by atoms with Crippen LogP contribution < -0.4 is 23.8 Å². The first-order valence-corrected chi connectivity index (χ1v) is 13.1. The highest BCUT2D eigenvalue weighted by molar-refractivity contribution is 6.19. The lowest BCUT2D eigenvalue weighted by atomic mass is 9.99. The zero-order valence-corrected chi connectivity index (χ0v) is 22.6. The largest absolute Gasteiger partial charge is 0.493 e. The summed E-state index contributed by atoms with van der Waals surface area (Å²) in [6, 6.07) is 17.6. The van der Waals surface area contributed by atoms with Crippen molar-refractivity contribution in [1.29, 1.82) is 0 Å². The van der Waals surface area contributed by atoms with Gasteiger partial charge < -0.3 is 33.8 Å². The summed E-state index contributed by atoms with van der Waals surface area (Å²) in [5, 5.41) is 1.78. The van der Waals surface area contributed by atoms with Crippen molar-refractivity contribution in [3.63, 3.8) is 0 Å². The number of rotatable bonds is 8. The number of hydrogen-bond donors (Lipinski definition) is 2. The Kier molecular flexibility index (Phi) is 6.48. The van der Waals surface area contributed by atoms with Crippen LogP contribution in [0, 0.1) is 0 Å². The Hall–Kier alpha value is -4.30. The zero-order chi connectivity index (χ0) is 27.1. The summed E-state index contributed by atoms with van der Waals surface area (Å²) in [5.41, 5.74) is 4.85. The van der Waals surface area contributed by atoms with Crippen LogP contribution in [-0.4, -0.2) is 49.6 Å². The quantitative estimate of drug-likeness (QED) is 0.225. The first kappa shape index (κ1) is 25.0. The minimum atomic E-state index is -0.177. The van der Waals surface area contributed by atoms with Crippen molar-refractivity contribution in [2.45, 2.75) is 12.5 Å². The third-order valence-corrected chi connectivity index (χ3v) is 7.62. The van der Waals surface area contributed by atoms with E-state index < -0.39 is 0 Å². The van der Waals surface area contributed by atoms with E-state index in [1.807, 2.05) is 54.7 Å². The number of nitrogens with zero attached hydrogens (tertiary/aromatic N) is 1. The number of methoxy groups -OCH3 is 3. The molecule has 0 saturated carbocycles. The normalized spacial score (nSPS) is 14.6. The molecule has 9 heteroatoms. The summed E-state index contributed by atoms with van der Waals surface area (Å²) in [4.78, 5) is 22.4. The predicted octanol–water partition coefficient (Wildman–Crippen LogP) is 6.24. The van der Waals surface area contributed by atoms with Gasteiger partial charge in [-0.05, 0) is 29.3 Å². The smallest absolute Gasteiger partial charge is 0.274 e. The number of amides is 1. The lowest BCUT2D eigenvalue weighted by molar-refractivity contribution is 0.0984. The Bertz CT molecular complexity index is 1680. The lowest BCUT2D eigenvalue weighted by Crippen LogP contribution is -2.30. The maximum absolute atomic E-state index is 14.0. The molecule has 1 aliphatic heterocycles. The molecule has 1 atom stereocenters. The fraction of sp³-hybridized carbons (Fsp3) is 0.233. The number of aromatic amines is 2. The van der Waals surface area contributed by atoms with Crippen molar-refractivity contribution in [2.75, 3.05) is 38.7 Å². The summed E-state index contributed by atoms with van der Waals surface area (Å²) < 4.78 is 22.9. The Morgan fingerprint density at radius 1 is 0.974 bits per heavy atom. The van der Waals surface area contributed by atoms with E-state index >= 15 is 0 Å². The van der Waals surface area contributed by atoms with Crippen molar-refractivity contribution in [2.24, 2.45) is 0 Å². The molecule has 0 bridgehead atoms. The maximum Gasteiger partial charge on any atom is 0.274 e. The van der Waals surface area contributed by atoms with E-state index in [1.54, 1.807) is 32.3 Å². The van der Waals surface area contributed by atoms with Crippen LogP contribution in [0.15, 0.2) is 60.8 Å². The van der Waals surface area contributed by atoms with Gasteiger partial charge in [0.2, 0.25) is 5.75 Å². The molecule has 6 rings (SSSR count). The number of hydrogen-bond acceptors (Lipinski definition) is 5. The van der Waals surface area contributed by atoms with E-state index in [1.165, 1.54) is 0 Å². The summed E-state index contributed by atoms with van der Waals surface area (Å²) in [5.74, 6) is 2.31. The second-order valence-corrected chi connectivity index (χ2v) is 9.72. The Balaban J connectivity index is 1.42. The van der Waals surface area contributed by atoms with Gasteiger partial charge in [-0.15, -0.1) is 11.6 Å². The molecule has 1 aliphatic rings. The van der Waals surface area contributed by atoms with Crippen LogP contribution in [0.3, 0.4) is 0 Å². The topological polar surface area (TPSA) is 88.8 Å². The number of alkyl halides is 1. The van der Waals surface area contributed by atoms with Gasteiger partial charge in [-0.3, -0.25) is 4.79 Å². The molecule has 0 unspecified atom stereocenters. The number of nitrogens with one attached hydrogen (secondary N) is 2. The number of carbonyl (C=O) groups excluding carboxylic acids is 1. The number of benzene rings is 3. The molecule has 0 fully saturated rings. The van der Waals surface area contributed by atoms with Crippen LogP contribution in [0.4, 0.5) is 5.69 Å². The van der Waals surface area contributed by atoms with Gasteiger partial charge in [0.05, 0.1) is 38.1 Å². The highest BCUT2D eigenvalue weighted by atomic mass is 35.5. The summed E-state index contributed by atoms with van der Waals surface area (Å²) in [6.45, 7) is 0.866. The summed E-state index contributed by atoms with van der Waals surface area (Å²) in [7, 11) is 4.67. The first-order valence-electron chi connectivity index (χ1n) is 12.6. The van der Waals surface area contributed by atoms with Gasteiger partial charge >= 0.3 is 0 Å². The van der Waals surface area contributed by atoms with E-state index in [9.17, 15) is 4.79 Å². The van der Waals surface area contributed by atoms with Gasteiger partial charge in [-0.25, -0.2) is 0 Å².